The molecule has 0 aromatic rings. The second-order valence-corrected chi connectivity index (χ2v) is 6.46. The molecule has 0 aliphatic carbocycles. The Bertz CT molecular complexity index is 257. The van der Waals surface area contributed by atoms with Crippen LogP contribution in [0.25, 0.3) is 0 Å². The Balaban J connectivity index is 3.83. The first-order valence-corrected chi connectivity index (χ1v) is 6.86. The monoisotopic (exact) mass is 235 g/mol. The smallest absolute Gasteiger partial charge is 0.324 e. The largest absolute Gasteiger partial charge is 0.325 e. The first-order valence-electron chi connectivity index (χ1n) is 5.06. The second-order valence-electron chi connectivity index (χ2n) is 4.69. The van der Waals surface area contributed by atoms with Gasteiger partial charge in [0.15, 0.2) is 0 Å². The highest BCUT2D eigenvalue weighted by molar-refractivity contribution is 7.51. The molecule has 5 heteroatoms. The third-order valence-electron chi connectivity index (χ3n) is 2.12. The quantitative estimate of drug-likeness (QED) is 0.465. The normalized spacial score (nSPS) is 12.9. The van der Waals surface area contributed by atoms with E-state index in [1.165, 1.54) is 0 Å². The van der Waals surface area contributed by atoms with Crippen molar-refractivity contribution in [3.8, 4) is 0 Å². The van der Waals surface area contributed by atoms with Crippen molar-refractivity contribution >= 4 is 7.60 Å². The summed E-state index contributed by atoms with van der Waals surface area (Å²) in [6.45, 7) is 10.5. The van der Waals surface area contributed by atoms with E-state index in [1.54, 1.807) is 0 Å². The summed E-state index contributed by atoms with van der Waals surface area (Å²) < 4.78 is 10.6. The van der Waals surface area contributed by atoms with Crippen LogP contribution in [-0.2, 0) is 4.57 Å². The van der Waals surface area contributed by atoms with E-state index in [-0.39, 0.29) is 11.7 Å². The summed E-state index contributed by atoms with van der Waals surface area (Å²) in [5.41, 5.74) is 0.951. The fourth-order valence-electron chi connectivity index (χ4n) is 1.21. The number of rotatable bonds is 7. The fraction of sp³-hybridized carbons (Fsp3) is 0.800. The zero-order valence-electron chi connectivity index (χ0n) is 9.79. The predicted molar refractivity (Wildman–Crippen MR) is 63.0 cm³/mol. The Morgan fingerprint density at radius 3 is 2.40 bits per heavy atom. The van der Waals surface area contributed by atoms with Crippen LogP contribution in [0, 0.1) is 0 Å². The van der Waals surface area contributed by atoms with Crippen LogP contribution in [0.15, 0.2) is 12.2 Å². The molecule has 0 amide bonds. The molecular weight excluding hydrogens is 213 g/mol. The third-order valence-corrected chi connectivity index (χ3v) is 3.02. The van der Waals surface area contributed by atoms with Crippen LogP contribution in [0.4, 0.5) is 0 Å². The average molecular weight is 235 g/mol. The molecule has 0 aromatic heterocycles. The van der Waals surface area contributed by atoms with Crippen molar-refractivity contribution in [2.24, 2.45) is 0 Å². The molecule has 0 aliphatic rings. The van der Waals surface area contributed by atoms with E-state index in [2.05, 4.69) is 11.9 Å². The molecule has 0 saturated heterocycles. The Kier molecular flexibility index (Phi) is 5.75. The molecule has 0 aromatic carbocycles. The highest BCUT2D eigenvalue weighted by Crippen LogP contribution is 2.36. The summed E-state index contributed by atoms with van der Waals surface area (Å²) in [6.07, 6.45) is 1.23. The molecule has 15 heavy (non-hydrogen) atoms. The Morgan fingerprint density at radius 1 is 1.47 bits per heavy atom. The van der Waals surface area contributed by atoms with Crippen LogP contribution in [0.5, 0.6) is 0 Å². The number of hydrogen-bond donors (Lipinski definition) is 3. The Morgan fingerprint density at radius 2 is 2.00 bits per heavy atom. The molecule has 0 atom stereocenters. The number of nitrogens with one attached hydrogen (secondary N) is 1. The van der Waals surface area contributed by atoms with Crippen LogP contribution in [0.1, 0.15) is 33.6 Å². The summed E-state index contributed by atoms with van der Waals surface area (Å²) in [6, 6.07) is 0. The molecule has 0 unspecified atom stereocenters. The van der Waals surface area contributed by atoms with Crippen molar-refractivity contribution < 1.29 is 14.4 Å². The van der Waals surface area contributed by atoms with E-state index < -0.39 is 7.60 Å². The lowest BCUT2D eigenvalue weighted by Gasteiger charge is -2.26. The van der Waals surface area contributed by atoms with Crippen LogP contribution in [0.2, 0.25) is 0 Å². The van der Waals surface area contributed by atoms with Crippen molar-refractivity contribution in [3.63, 3.8) is 0 Å². The topological polar surface area (TPSA) is 69.6 Å². The summed E-state index contributed by atoms with van der Waals surface area (Å²) in [4.78, 5) is 17.4. The van der Waals surface area contributed by atoms with Gasteiger partial charge >= 0.3 is 7.60 Å². The second kappa shape index (κ2) is 5.80. The van der Waals surface area contributed by atoms with Gasteiger partial charge < -0.3 is 15.1 Å². The maximum Gasteiger partial charge on any atom is 0.325 e. The maximum absolute atomic E-state index is 10.6. The molecule has 3 N–H and O–H groups in total. The number of hydrogen-bond acceptors (Lipinski definition) is 2. The van der Waals surface area contributed by atoms with Gasteiger partial charge in [0, 0.05) is 18.2 Å². The summed E-state index contributed by atoms with van der Waals surface area (Å²) in [7, 11) is -3.84. The lowest BCUT2D eigenvalue weighted by molar-refractivity contribution is 0.351. The van der Waals surface area contributed by atoms with Crippen LogP contribution < -0.4 is 5.32 Å². The van der Waals surface area contributed by atoms with E-state index in [0.717, 1.165) is 18.5 Å². The van der Waals surface area contributed by atoms with Gasteiger partial charge in [-0.3, -0.25) is 4.57 Å². The summed E-state index contributed by atoms with van der Waals surface area (Å²) >= 11 is 0. The van der Waals surface area contributed by atoms with Crippen molar-refractivity contribution in [1.29, 1.82) is 0 Å². The fourth-order valence-corrected chi connectivity index (χ4v) is 1.78. The highest BCUT2D eigenvalue weighted by Gasteiger charge is 2.19. The van der Waals surface area contributed by atoms with Crippen molar-refractivity contribution in [1.82, 2.24) is 5.32 Å². The minimum atomic E-state index is -3.84. The molecule has 0 spiro atoms. The first-order chi connectivity index (χ1) is 6.62. The predicted octanol–water partition coefficient (Wildman–Crippen LogP) is 1.89. The molecular formula is C10H22NO3P. The van der Waals surface area contributed by atoms with Gasteiger partial charge in [0.2, 0.25) is 0 Å². The molecule has 0 fully saturated rings. The zero-order valence-corrected chi connectivity index (χ0v) is 10.7. The minimum Gasteiger partial charge on any atom is -0.324 e. The Labute approximate surface area is 91.9 Å². The lowest BCUT2D eigenvalue weighted by atomic mass is 9.99. The van der Waals surface area contributed by atoms with E-state index in [9.17, 15) is 4.57 Å². The molecule has 4 nitrogen and oxygen atoms in total. The van der Waals surface area contributed by atoms with Gasteiger partial charge in [-0.25, -0.2) is 0 Å². The van der Waals surface area contributed by atoms with Crippen LogP contribution in [-0.4, -0.2) is 28.0 Å². The first kappa shape index (κ1) is 14.8. The van der Waals surface area contributed by atoms with Gasteiger partial charge in [0.25, 0.3) is 0 Å². The van der Waals surface area contributed by atoms with Crippen molar-refractivity contribution in [2.45, 2.75) is 39.2 Å². The minimum absolute atomic E-state index is 0.0365. The third kappa shape index (κ3) is 10.1. The lowest BCUT2D eigenvalue weighted by Crippen LogP contribution is -2.40. The molecule has 0 aliphatic heterocycles. The van der Waals surface area contributed by atoms with E-state index in [4.69, 9.17) is 9.79 Å². The standard InChI is InChI=1S/C10H22NO3P/c1-9(2)8-11-10(3,4)6-5-7-15(12,13)14/h11H,1,5-8H2,2-4H3,(H2,12,13,14). The van der Waals surface area contributed by atoms with Crippen molar-refractivity contribution in [2.75, 3.05) is 12.7 Å². The molecule has 0 heterocycles. The maximum atomic E-state index is 10.6. The van der Waals surface area contributed by atoms with Crippen LogP contribution in [0.3, 0.4) is 0 Å². The summed E-state index contributed by atoms with van der Waals surface area (Å²) in [5, 5.41) is 3.29. The van der Waals surface area contributed by atoms with E-state index in [1.807, 2.05) is 20.8 Å². The molecule has 0 radical (unpaired) electrons. The highest BCUT2D eigenvalue weighted by atomic mass is 31.2. The Hall–Kier alpha value is -0.150. The van der Waals surface area contributed by atoms with Gasteiger partial charge in [0.05, 0.1) is 0 Å². The summed E-state index contributed by atoms with van der Waals surface area (Å²) in [5.74, 6) is 0. The molecule has 0 rings (SSSR count). The van der Waals surface area contributed by atoms with Gasteiger partial charge in [-0.2, -0.15) is 0 Å². The van der Waals surface area contributed by atoms with Gasteiger partial charge in [-0.1, -0.05) is 12.2 Å². The van der Waals surface area contributed by atoms with E-state index in [0.29, 0.717) is 6.42 Å². The van der Waals surface area contributed by atoms with Crippen LogP contribution >= 0.6 is 7.60 Å². The van der Waals surface area contributed by atoms with Gasteiger partial charge in [0.1, 0.15) is 0 Å². The van der Waals surface area contributed by atoms with Crippen molar-refractivity contribution in [3.05, 3.63) is 12.2 Å². The van der Waals surface area contributed by atoms with Gasteiger partial charge in [-0.15, -0.1) is 0 Å². The zero-order chi connectivity index (χ0) is 12.1. The molecule has 0 bridgehead atoms. The molecule has 0 saturated carbocycles. The SMILES string of the molecule is C=C(C)CNC(C)(C)CCCP(=O)(O)O. The van der Waals surface area contributed by atoms with E-state index >= 15 is 0 Å². The van der Waals surface area contributed by atoms with Gasteiger partial charge in [-0.05, 0) is 33.6 Å². The molecule has 90 valence electrons. The average Bonchev–Trinajstić information content (AvgIpc) is 1.98.